The highest BCUT2D eigenvalue weighted by molar-refractivity contribution is 5.32. The van der Waals surface area contributed by atoms with E-state index in [1.807, 2.05) is 0 Å². The predicted octanol–water partition coefficient (Wildman–Crippen LogP) is 5.28. The van der Waals surface area contributed by atoms with Gasteiger partial charge in [-0.2, -0.15) is 0 Å². The van der Waals surface area contributed by atoms with E-state index in [9.17, 15) is 0 Å². The zero-order valence-corrected chi connectivity index (χ0v) is 17.3. The zero-order valence-electron chi connectivity index (χ0n) is 17.3. The Bertz CT molecular complexity index is 716. The first-order valence-electron chi connectivity index (χ1n) is 11.3. The summed E-state index contributed by atoms with van der Waals surface area (Å²) in [5, 5.41) is 0. The van der Waals surface area contributed by atoms with Gasteiger partial charge in [-0.1, -0.05) is 67.1 Å². The topological polar surface area (TPSA) is 6.48 Å². The number of hydrogen-bond donors (Lipinski definition) is 0. The van der Waals surface area contributed by atoms with E-state index in [-0.39, 0.29) is 0 Å². The van der Waals surface area contributed by atoms with E-state index in [1.165, 1.54) is 58.2 Å². The van der Waals surface area contributed by atoms with Crippen molar-refractivity contribution in [2.24, 2.45) is 0 Å². The summed E-state index contributed by atoms with van der Waals surface area (Å²) >= 11 is 0. The van der Waals surface area contributed by atoms with Crippen molar-refractivity contribution in [1.82, 2.24) is 9.80 Å². The third kappa shape index (κ3) is 3.21. The maximum absolute atomic E-state index is 2.91. The summed E-state index contributed by atoms with van der Waals surface area (Å²) in [7, 11) is 2.38. The number of rotatable bonds is 3. The highest BCUT2D eigenvalue weighted by atomic mass is 15.2. The number of nitrogens with zero attached hydrogens (tertiary/aromatic N) is 2. The molecule has 3 aliphatic heterocycles. The van der Waals surface area contributed by atoms with E-state index in [0.29, 0.717) is 23.4 Å². The third-order valence-electron chi connectivity index (χ3n) is 7.95. The van der Waals surface area contributed by atoms with Gasteiger partial charge in [-0.25, -0.2) is 0 Å². The third-order valence-corrected chi connectivity index (χ3v) is 7.95. The van der Waals surface area contributed by atoms with Crippen LogP contribution >= 0.6 is 0 Å². The van der Waals surface area contributed by atoms with Gasteiger partial charge in [0.1, 0.15) is 0 Å². The summed E-state index contributed by atoms with van der Waals surface area (Å²) in [5.41, 5.74) is 3.45. The molecule has 28 heavy (non-hydrogen) atoms. The fourth-order valence-electron chi connectivity index (χ4n) is 6.59. The average Bonchev–Trinajstić information content (AvgIpc) is 3.02. The van der Waals surface area contributed by atoms with Crippen LogP contribution < -0.4 is 0 Å². The van der Waals surface area contributed by atoms with Crippen molar-refractivity contribution in [2.45, 2.75) is 61.9 Å². The standard InChI is InChI=1S/C26H34N2/c1-27-18-15-26(28-16-9-4-10-17-28)19-23(21-11-5-2-6-12-21)25(27)24(20-26)22-13-7-3-8-14-22/h2-3,5-8,11-14,23-25H,4,9-10,15-20H2,1H3/t23-,24-,25?,26?/m0/s1. The SMILES string of the molecule is CN1CCC2(N3CCCCC3)C[C@@H](c3ccccc3)C1[C@H](c1ccccc1)C2. The van der Waals surface area contributed by atoms with Gasteiger partial charge in [-0.05, 0) is 69.9 Å². The first-order valence-corrected chi connectivity index (χ1v) is 11.3. The Balaban J connectivity index is 1.60. The van der Waals surface area contributed by atoms with Crippen LogP contribution in [0.2, 0.25) is 0 Å². The molecule has 2 aromatic carbocycles. The second kappa shape index (κ2) is 7.65. The summed E-state index contributed by atoms with van der Waals surface area (Å²) in [5.74, 6) is 1.24. The Kier molecular flexibility index (Phi) is 5.02. The summed E-state index contributed by atoms with van der Waals surface area (Å²) < 4.78 is 0. The van der Waals surface area contributed by atoms with Gasteiger partial charge < -0.3 is 4.90 Å². The highest BCUT2D eigenvalue weighted by Crippen LogP contribution is 2.54. The maximum atomic E-state index is 2.91. The molecule has 4 fully saturated rings. The molecule has 3 saturated heterocycles. The minimum atomic E-state index is 0.364. The Hall–Kier alpha value is -1.64. The van der Waals surface area contributed by atoms with Crippen LogP contribution in [0.5, 0.6) is 0 Å². The molecule has 6 rings (SSSR count). The van der Waals surface area contributed by atoms with Crippen LogP contribution in [0.3, 0.4) is 0 Å². The van der Waals surface area contributed by atoms with E-state index in [0.717, 1.165) is 0 Å². The first-order chi connectivity index (χ1) is 13.8. The van der Waals surface area contributed by atoms with Gasteiger partial charge in [0.05, 0.1) is 0 Å². The molecule has 2 heteroatoms. The summed E-state index contributed by atoms with van der Waals surface area (Å²) in [6.07, 6.45) is 8.16. The van der Waals surface area contributed by atoms with Crippen molar-refractivity contribution in [3.05, 3.63) is 71.8 Å². The normalized spacial score (nSPS) is 34.2. The summed E-state index contributed by atoms with van der Waals surface area (Å²) in [4.78, 5) is 5.62. The smallest absolute Gasteiger partial charge is 0.0234 e. The fraction of sp³-hybridized carbons (Fsp3) is 0.538. The Morgan fingerprint density at radius 3 is 1.79 bits per heavy atom. The molecule has 0 spiro atoms. The molecule has 0 aromatic heterocycles. The van der Waals surface area contributed by atoms with E-state index in [1.54, 1.807) is 11.1 Å². The van der Waals surface area contributed by atoms with Crippen molar-refractivity contribution in [3.63, 3.8) is 0 Å². The van der Waals surface area contributed by atoms with Crippen molar-refractivity contribution in [2.75, 3.05) is 26.7 Å². The molecule has 0 N–H and O–H groups in total. The highest BCUT2D eigenvalue weighted by Gasteiger charge is 2.53. The molecule has 1 aliphatic carbocycles. The van der Waals surface area contributed by atoms with Gasteiger partial charge in [0, 0.05) is 23.4 Å². The molecule has 1 saturated carbocycles. The van der Waals surface area contributed by atoms with E-state index >= 15 is 0 Å². The summed E-state index contributed by atoms with van der Waals surface area (Å²) in [6, 6.07) is 23.4. The second-order valence-corrected chi connectivity index (χ2v) is 9.44. The van der Waals surface area contributed by atoms with Crippen molar-refractivity contribution < 1.29 is 0 Å². The van der Waals surface area contributed by atoms with E-state index in [2.05, 4.69) is 77.5 Å². The number of fused-ring (bicyclic) bond motifs is 4. The van der Waals surface area contributed by atoms with Crippen LogP contribution in [0.25, 0.3) is 0 Å². The van der Waals surface area contributed by atoms with Gasteiger partial charge in [-0.3, -0.25) is 4.90 Å². The first kappa shape index (κ1) is 18.4. The van der Waals surface area contributed by atoms with E-state index in [4.69, 9.17) is 0 Å². The molecule has 2 aromatic rings. The lowest BCUT2D eigenvalue weighted by atomic mass is 9.63. The molecule has 2 nitrogen and oxygen atoms in total. The molecule has 2 atom stereocenters. The molecule has 4 aliphatic rings. The molecule has 0 amide bonds. The predicted molar refractivity (Wildman–Crippen MR) is 117 cm³/mol. The van der Waals surface area contributed by atoms with Crippen LogP contribution in [0.15, 0.2) is 60.7 Å². The minimum absolute atomic E-state index is 0.364. The number of hydrogen-bond acceptors (Lipinski definition) is 2. The van der Waals surface area contributed by atoms with Crippen LogP contribution in [0.4, 0.5) is 0 Å². The van der Waals surface area contributed by atoms with Crippen LogP contribution in [0.1, 0.15) is 61.5 Å². The average molecular weight is 375 g/mol. The van der Waals surface area contributed by atoms with Crippen LogP contribution in [-0.4, -0.2) is 48.1 Å². The number of likely N-dealkylation sites (tertiary alicyclic amines) is 1. The van der Waals surface area contributed by atoms with Crippen molar-refractivity contribution in [3.8, 4) is 0 Å². The maximum Gasteiger partial charge on any atom is 0.0234 e. The zero-order chi connectivity index (χ0) is 19.0. The second-order valence-electron chi connectivity index (χ2n) is 9.44. The molecular formula is C26H34N2. The quantitative estimate of drug-likeness (QED) is 0.721. The van der Waals surface area contributed by atoms with Crippen molar-refractivity contribution >= 4 is 0 Å². The molecule has 0 radical (unpaired) electrons. The Morgan fingerprint density at radius 1 is 0.714 bits per heavy atom. The lowest BCUT2D eigenvalue weighted by Gasteiger charge is -2.53. The monoisotopic (exact) mass is 374 g/mol. The lowest BCUT2D eigenvalue weighted by molar-refractivity contribution is 0.0173. The number of piperidine rings is 1. The number of benzene rings is 2. The van der Waals surface area contributed by atoms with Crippen LogP contribution in [-0.2, 0) is 0 Å². The minimum Gasteiger partial charge on any atom is -0.302 e. The number of likely N-dealkylation sites (N-methyl/N-ethyl adjacent to an activating group) is 1. The largest absolute Gasteiger partial charge is 0.302 e. The summed E-state index contributed by atoms with van der Waals surface area (Å²) in [6.45, 7) is 3.84. The molecule has 0 unspecified atom stereocenters. The Labute approximate surface area is 170 Å². The fourth-order valence-corrected chi connectivity index (χ4v) is 6.59. The molecular weight excluding hydrogens is 340 g/mol. The van der Waals surface area contributed by atoms with Gasteiger partial charge in [0.2, 0.25) is 0 Å². The Morgan fingerprint density at radius 2 is 1.25 bits per heavy atom. The lowest BCUT2D eigenvalue weighted by Crippen LogP contribution is -2.56. The van der Waals surface area contributed by atoms with Gasteiger partial charge in [-0.15, -0.1) is 0 Å². The van der Waals surface area contributed by atoms with Gasteiger partial charge in [0.25, 0.3) is 0 Å². The van der Waals surface area contributed by atoms with E-state index < -0.39 is 0 Å². The van der Waals surface area contributed by atoms with Crippen LogP contribution in [0, 0.1) is 0 Å². The van der Waals surface area contributed by atoms with Crippen molar-refractivity contribution in [1.29, 1.82) is 0 Å². The molecule has 148 valence electrons. The molecule has 3 heterocycles. The molecule has 2 bridgehead atoms. The van der Waals surface area contributed by atoms with Gasteiger partial charge >= 0.3 is 0 Å². The van der Waals surface area contributed by atoms with Gasteiger partial charge in [0.15, 0.2) is 0 Å².